The number of hydrogen-bond donors (Lipinski definition) is 0. The summed E-state index contributed by atoms with van der Waals surface area (Å²) in [6.07, 6.45) is 0. The summed E-state index contributed by atoms with van der Waals surface area (Å²) in [7, 11) is 0. The Morgan fingerprint density at radius 3 is 2.57 bits per heavy atom. The van der Waals surface area contributed by atoms with Gasteiger partial charge in [0.05, 0.1) is 5.25 Å². The van der Waals surface area contributed by atoms with E-state index in [4.69, 9.17) is 14.7 Å². The van der Waals surface area contributed by atoms with Gasteiger partial charge >= 0.3 is 0 Å². The summed E-state index contributed by atoms with van der Waals surface area (Å²) in [4.78, 5) is 0. The Hall–Kier alpha value is -1.64. The number of hydrogen-bond acceptors (Lipinski definition) is 4. The number of halogens is 1. The van der Waals surface area contributed by atoms with Crippen LogP contribution in [-0.2, 0) is 0 Å². The van der Waals surface area contributed by atoms with E-state index in [0.29, 0.717) is 13.2 Å². The number of nitriles is 1. The third kappa shape index (κ3) is 3.17. The summed E-state index contributed by atoms with van der Waals surface area (Å²) in [6.45, 7) is 1.14. The Kier molecular flexibility index (Phi) is 4.37. The molecule has 0 radical (unpaired) electrons. The van der Waals surface area contributed by atoms with Gasteiger partial charge in [0.1, 0.15) is 18.6 Å². The van der Waals surface area contributed by atoms with Gasteiger partial charge in [-0.25, -0.2) is 0 Å². The van der Waals surface area contributed by atoms with Crippen LogP contribution in [0.5, 0.6) is 11.5 Å². The predicted molar refractivity (Wildman–Crippen MR) is 86.6 cm³/mol. The topological polar surface area (TPSA) is 42.2 Å². The lowest BCUT2D eigenvalue weighted by atomic mass is 10.0. The van der Waals surface area contributed by atoms with E-state index in [9.17, 15) is 0 Å². The molecule has 0 saturated heterocycles. The predicted octanol–water partition coefficient (Wildman–Crippen LogP) is 4.52. The summed E-state index contributed by atoms with van der Waals surface area (Å²) in [5.41, 5.74) is 2.11. The summed E-state index contributed by atoms with van der Waals surface area (Å²) < 4.78 is 12.2. The molecule has 0 N–H and O–H groups in total. The number of thiocyanates is 1. The third-order valence-corrected chi connectivity index (χ3v) is 4.57. The molecular weight excluding hydrogens is 350 g/mol. The maximum absolute atomic E-state index is 9.11. The maximum atomic E-state index is 9.11. The molecule has 5 heteroatoms. The van der Waals surface area contributed by atoms with Crippen molar-refractivity contribution in [2.75, 3.05) is 13.2 Å². The number of rotatable bonds is 3. The molecule has 0 bridgehead atoms. The standard InChI is InChI=1S/C16H12BrNO2S/c17-13-3-1-2-11(8-13)16(21-10-18)12-4-5-14-15(9-12)20-7-6-19-14/h1-5,8-9,16H,6-7H2. The number of thioether (sulfide) groups is 1. The Balaban J connectivity index is 1.99. The van der Waals surface area contributed by atoms with Gasteiger partial charge in [-0.2, -0.15) is 5.26 Å². The van der Waals surface area contributed by atoms with E-state index in [1.165, 1.54) is 11.8 Å². The minimum Gasteiger partial charge on any atom is -0.486 e. The molecule has 3 nitrogen and oxygen atoms in total. The van der Waals surface area contributed by atoms with Crippen LogP contribution in [0, 0.1) is 10.7 Å². The van der Waals surface area contributed by atoms with Crippen molar-refractivity contribution in [2.24, 2.45) is 0 Å². The largest absolute Gasteiger partial charge is 0.486 e. The monoisotopic (exact) mass is 361 g/mol. The lowest BCUT2D eigenvalue weighted by Crippen LogP contribution is -2.15. The minimum absolute atomic E-state index is 0.0525. The average Bonchev–Trinajstić information content (AvgIpc) is 2.52. The van der Waals surface area contributed by atoms with Crippen molar-refractivity contribution in [3.05, 3.63) is 58.1 Å². The first-order chi connectivity index (χ1) is 10.3. The van der Waals surface area contributed by atoms with Gasteiger partial charge in [-0.3, -0.25) is 0 Å². The first kappa shape index (κ1) is 14.3. The second-order valence-electron chi connectivity index (χ2n) is 4.55. The van der Waals surface area contributed by atoms with Crippen LogP contribution in [0.3, 0.4) is 0 Å². The summed E-state index contributed by atoms with van der Waals surface area (Å²) in [5, 5.41) is 11.3. The van der Waals surface area contributed by atoms with E-state index in [2.05, 4.69) is 21.3 Å². The van der Waals surface area contributed by atoms with Crippen LogP contribution < -0.4 is 9.47 Å². The van der Waals surface area contributed by atoms with Crippen molar-refractivity contribution in [1.29, 1.82) is 5.26 Å². The van der Waals surface area contributed by atoms with Crippen molar-refractivity contribution in [2.45, 2.75) is 5.25 Å². The van der Waals surface area contributed by atoms with Gasteiger partial charge in [0.2, 0.25) is 0 Å². The van der Waals surface area contributed by atoms with Gasteiger partial charge in [-0.05, 0) is 47.2 Å². The Morgan fingerprint density at radius 2 is 1.81 bits per heavy atom. The second-order valence-corrected chi connectivity index (χ2v) is 6.35. The molecule has 1 atom stereocenters. The fourth-order valence-electron chi connectivity index (χ4n) is 2.27. The van der Waals surface area contributed by atoms with Crippen molar-refractivity contribution in [3.63, 3.8) is 0 Å². The smallest absolute Gasteiger partial charge is 0.161 e. The van der Waals surface area contributed by atoms with Crippen LogP contribution in [0.4, 0.5) is 0 Å². The molecule has 106 valence electrons. The van der Waals surface area contributed by atoms with Gasteiger partial charge in [0.15, 0.2) is 11.5 Å². The zero-order valence-corrected chi connectivity index (χ0v) is 13.5. The first-order valence-corrected chi connectivity index (χ1v) is 8.15. The molecule has 0 aromatic heterocycles. The molecule has 2 aromatic rings. The third-order valence-electron chi connectivity index (χ3n) is 3.19. The molecule has 0 aliphatic carbocycles. The molecule has 1 aliphatic rings. The summed E-state index contributed by atoms with van der Waals surface area (Å²) >= 11 is 4.71. The van der Waals surface area contributed by atoms with Gasteiger partial charge in [-0.15, -0.1) is 0 Å². The molecule has 3 rings (SSSR count). The molecular formula is C16H12BrNO2S. The fraction of sp³-hybridized carbons (Fsp3) is 0.188. The number of ether oxygens (including phenoxy) is 2. The number of benzene rings is 2. The Morgan fingerprint density at radius 1 is 1.05 bits per heavy atom. The lowest BCUT2D eigenvalue weighted by Gasteiger charge is -2.21. The van der Waals surface area contributed by atoms with Crippen LogP contribution >= 0.6 is 27.7 Å². The molecule has 0 spiro atoms. The van der Waals surface area contributed by atoms with Gasteiger partial charge in [0, 0.05) is 4.47 Å². The second kappa shape index (κ2) is 6.42. The lowest BCUT2D eigenvalue weighted by molar-refractivity contribution is 0.171. The maximum Gasteiger partial charge on any atom is 0.161 e. The van der Waals surface area contributed by atoms with Crippen LogP contribution in [0.2, 0.25) is 0 Å². The highest BCUT2D eigenvalue weighted by Crippen LogP contribution is 2.40. The molecule has 1 aliphatic heterocycles. The van der Waals surface area contributed by atoms with E-state index in [-0.39, 0.29) is 5.25 Å². The van der Waals surface area contributed by atoms with Crippen LogP contribution in [0.15, 0.2) is 46.9 Å². The van der Waals surface area contributed by atoms with Crippen molar-refractivity contribution >= 4 is 27.7 Å². The normalized spacial score (nSPS) is 14.3. The highest BCUT2D eigenvalue weighted by atomic mass is 79.9. The molecule has 0 amide bonds. The molecule has 21 heavy (non-hydrogen) atoms. The number of fused-ring (bicyclic) bond motifs is 1. The molecule has 0 saturated carbocycles. The molecule has 1 heterocycles. The molecule has 2 aromatic carbocycles. The summed E-state index contributed by atoms with van der Waals surface area (Å²) in [6, 6.07) is 13.9. The van der Waals surface area contributed by atoms with Gasteiger partial charge in [0.25, 0.3) is 0 Å². The van der Waals surface area contributed by atoms with Crippen molar-refractivity contribution in [1.82, 2.24) is 0 Å². The number of nitrogens with zero attached hydrogens (tertiary/aromatic N) is 1. The van der Waals surface area contributed by atoms with Crippen LogP contribution in [-0.4, -0.2) is 13.2 Å². The van der Waals surface area contributed by atoms with Crippen LogP contribution in [0.25, 0.3) is 0 Å². The van der Waals surface area contributed by atoms with E-state index in [1.54, 1.807) is 0 Å². The zero-order valence-electron chi connectivity index (χ0n) is 11.1. The van der Waals surface area contributed by atoms with Crippen molar-refractivity contribution < 1.29 is 9.47 Å². The molecule has 1 unspecified atom stereocenters. The highest BCUT2D eigenvalue weighted by Gasteiger charge is 2.19. The van der Waals surface area contributed by atoms with Gasteiger partial charge in [-0.1, -0.05) is 34.1 Å². The first-order valence-electron chi connectivity index (χ1n) is 6.47. The average molecular weight is 362 g/mol. The van der Waals surface area contributed by atoms with Gasteiger partial charge < -0.3 is 9.47 Å². The Bertz CT molecular complexity index is 699. The zero-order chi connectivity index (χ0) is 14.7. The SMILES string of the molecule is N#CSC(c1cccc(Br)c1)c1ccc2c(c1)OCCO2. The van der Waals surface area contributed by atoms with E-state index in [0.717, 1.165) is 27.1 Å². The van der Waals surface area contributed by atoms with Crippen LogP contribution in [0.1, 0.15) is 16.4 Å². The minimum atomic E-state index is -0.0525. The quantitative estimate of drug-likeness (QED) is 0.753. The highest BCUT2D eigenvalue weighted by molar-refractivity contribution is 9.10. The van der Waals surface area contributed by atoms with E-state index in [1.807, 2.05) is 42.5 Å². The molecule has 0 fully saturated rings. The summed E-state index contributed by atoms with van der Waals surface area (Å²) in [5.74, 6) is 1.51. The fourth-order valence-corrected chi connectivity index (χ4v) is 3.36. The van der Waals surface area contributed by atoms with E-state index < -0.39 is 0 Å². The van der Waals surface area contributed by atoms with Crippen molar-refractivity contribution in [3.8, 4) is 16.9 Å². The van der Waals surface area contributed by atoms with E-state index >= 15 is 0 Å². The Labute approximate surface area is 136 Å².